The van der Waals surface area contributed by atoms with E-state index in [9.17, 15) is 0 Å². The number of para-hydroxylation sites is 6. The molecule has 0 amide bonds. The molecule has 66 heavy (non-hydrogen) atoms. The molecule has 0 bridgehead atoms. The van der Waals surface area contributed by atoms with Crippen molar-refractivity contribution in [3.8, 4) is 45.5 Å². The number of rotatable bonds is 5. The molecule has 9 heteroatoms. The van der Waals surface area contributed by atoms with Gasteiger partial charge in [-0.3, -0.25) is 0 Å². The summed E-state index contributed by atoms with van der Waals surface area (Å²) >= 11 is 0. The van der Waals surface area contributed by atoms with Crippen LogP contribution < -0.4 is 0 Å². The van der Waals surface area contributed by atoms with E-state index in [2.05, 4.69) is 33.4 Å². The van der Waals surface area contributed by atoms with Gasteiger partial charge in [-0.25, -0.2) is 23.7 Å². The van der Waals surface area contributed by atoms with Gasteiger partial charge < -0.3 is 18.0 Å². The van der Waals surface area contributed by atoms with Gasteiger partial charge in [-0.05, 0) is 36.4 Å². The van der Waals surface area contributed by atoms with Gasteiger partial charge >= 0.3 is 0 Å². The van der Waals surface area contributed by atoms with Crippen LogP contribution in [0.5, 0.6) is 0 Å². The van der Waals surface area contributed by atoms with Crippen molar-refractivity contribution in [2.75, 3.05) is 0 Å². The van der Waals surface area contributed by atoms with Crippen LogP contribution in [-0.2, 0) is 0 Å². The Hall–Kier alpha value is -8.95. The molecule has 0 aliphatic rings. The molecule has 14 rings (SSSR count). The number of hydrogen-bond donors (Lipinski definition) is 0. The number of aromatic nitrogens is 5. The Kier molecular flexibility index (Phi) is 7.62. The summed E-state index contributed by atoms with van der Waals surface area (Å²) in [7, 11) is 0. The highest BCUT2D eigenvalue weighted by Gasteiger charge is 2.30. The van der Waals surface area contributed by atoms with Gasteiger partial charge in [0.25, 0.3) is 0 Å². The van der Waals surface area contributed by atoms with Gasteiger partial charge in [-0.1, -0.05) is 140 Å². The van der Waals surface area contributed by atoms with Crippen molar-refractivity contribution in [3.05, 3.63) is 200 Å². The monoisotopic (exact) mass is 855 g/mol. The number of benzene rings is 9. The van der Waals surface area contributed by atoms with Gasteiger partial charge in [0.2, 0.25) is 0 Å². The van der Waals surface area contributed by atoms with Gasteiger partial charge in [0.1, 0.15) is 11.2 Å². The van der Waals surface area contributed by atoms with E-state index < -0.39 is 11.6 Å². The summed E-state index contributed by atoms with van der Waals surface area (Å²) in [5.74, 6) is -0.153. The van der Waals surface area contributed by atoms with Crippen molar-refractivity contribution in [3.63, 3.8) is 0 Å². The number of furan rings is 2. The Balaban J connectivity index is 1.19. The van der Waals surface area contributed by atoms with Gasteiger partial charge in [0, 0.05) is 60.8 Å². The lowest BCUT2D eigenvalue weighted by molar-refractivity contribution is 0.584. The minimum atomic E-state index is -0.530. The number of fused-ring (bicyclic) bond motifs is 12. The predicted octanol–water partition coefficient (Wildman–Crippen LogP) is 15.1. The average Bonchev–Trinajstić information content (AvgIpc) is 4.13. The first kappa shape index (κ1) is 36.5. The van der Waals surface area contributed by atoms with E-state index in [0.29, 0.717) is 61.0 Å². The van der Waals surface area contributed by atoms with Crippen molar-refractivity contribution in [2.24, 2.45) is 0 Å². The van der Waals surface area contributed by atoms with Crippen LogP contribution in [0.25, 0.3) is 133 Å². The van der Waals surface area contributed by atoms with E-state index in [1.807, 2.05) is 152 Å². The maximum Gasteiger partial charge on any atom is 0.171 e. The SMILES string of the molecule is Fc1cc(-n2c3ccccc3c3ccccc32)c(-c2nc(-c3ccccc3)nc(-c3c(-n4c5ccccc5c5ccccc54)cc(F)c4oc5ccccc5c34)n2)c2c1oc1ccccc12. The van der Waals surface area contributed by atoms with Crippen molar-refractivity contribution in [2.45, 2.75) is 0 Å². The van der Waals surface area contributed by atoms with E-state index in [1.54, 1.807) is 0 Å². The quantitative estimate of drug-likeness (QED) is 0.172. The first-order chi connectivity index (χ1) is 32.6. The number of hydrogen-bond acceptors (Lipinski definition) is 5. The summed E-state index contributed by atoms with van der Waals surface area (Å²) < 4.78 is 51.0. The summed E-state index contributed by atoms with van der Waals surface area (Å²) in [6, 6.07) is 60.3. The molecule has 0 N–H and O–H groups in total. The first-order valence-electron chi connectivity index (χ1n) is 21.7. The highest BCUT2D eigenvalue weighted by atomic mass is 19.1. The third-order valence-electron chi connectivity index (χ3n) is 12.9. The minimum absolute atomic E-state index is 0.0786. The second-order valence-electron chi connectivity index (χ2n) is 16.5. The van der Waals surface area contributed by atoms with Crippen LogP contribution >= 0.6 is 0 Å². The minimum Gasteiger partial charge on any atom is -0.453 e. The Morgan fingerprint density at radius 1 is 0.348 bits per heavy atom. The molecule has 7 nitrogen and oxygen atoms in total. The highest BCUT2D eigenvalue weighted by Crippen LogP contribution is 2.47. The van der Waals surface area contributed by atoms with Crippen molar-refractivity contribution in [1.29, 1.82) is 0 Å². The fourth-order valence-corrected chi connectivity index (χ4v) is 10.2. The second kappa shape index (κ2) is 13.8. The summed E-state index contributed by atoms with van der Waals surface area (Å²) in [6.07, 6.45) is 0. The molecule has 0 fully saturated rings. The molecule has 5 aromatic heterocycles. The lowest BCUT2D eigenvalue weighted by Crippen LogP contribution is -2.07. The zero-order valence-electron chi connectivity index (χ0n) is 34.7. The summed E-state index contributed by atoms with van der Waals surface area (Å²) in [5.41, 5.74) is 7.54. The summed E-state index contributed by atoms with van der Waals surface area (Å²) in [5, 5.41) is 6.46. The lowest BCUT2D eigenvalue weighted by atomic mass is 10.0. The number of nitrogens with zero attached hydrogens (tertiary/aromatic N) is 5. The third-order valence-corrected chi connectivity index (χ3v) is 12.9. The number of halogens is 2. The van der Waals surface area contributed by atoms with Gasteiger partial charge in [0.05, 0.1) is 44.6 Å². The molecule has 0 unspecified atom stereocenters. The van der Waals surface area contributed by atoms with Crippen molar-refractivity contribution >= 4 is 87.5 Å². The smallest absolute Gasteiger partial charge is 0.171 e. The lowest BCUT2D eigenvalue weighted by Gasteiger charge is -2.18. The molecule has 0 radical (unpaired) electrons. The molecule has 14 aromatic rings. The standard InChI is InChI=1S/C57H31F2N5O2/c58-39-30-45(63-41-24-10-4-18-33(41)34-19-5-11-25-42(34)63)51(49-37-22-8-14-28-47(37)65-53(39)49)56-60-55(32-16-2-1-3-17-32)61-57(62-56)52-46(31-40(59)54-50(52)38-23-9-15-29-48(38)66-54)64-43-26-12-6-20-35(43)36-21-7-13-27-44(36)64/h1-31H. The van der Waals surface area contributed by atoms with Crippen LogP contribution in [-0.4, -0.2) is 24.1 Å². The van der Waals surface area contributed by atoms with E-state index in [0.717, 1.165) is 49.2 Å². The topological polar surface area (TPSA) is 74.8 Å². The highest BCUT2D eigenvalue weighted by molar-refractivity contribution is 6.18. The molecule has 0 aliphatic carbocycles. The zero-order chi connectivity index (χ0) is 43.6. The van der Waals surface area contributed by atoms with Crippen LogP contribution in [0.15, 0.2) is 197 Å². The van der Waals surface area contributed by atoms with E-state index >= 15 is 8.78 Å². The zero-order valence-corrected chi connectivity index (χ0v) is 34.7. The average molecular weight is 856 g/mol. The van der Waals surface area contributed by atoms with E-state index in [1.165, 1.54) is 12.1 Å². The Bertz CT molecular complexity index is 3970. The molecule has 0 spiro atoms. The maximum atomic E-state index is 17.0. The fourth-order valence-electron chi connectivity index (χ4n) is 10.2. The molecular weight excluding hydrogens is 825 g/mol. The Labute approximate surface area is 373 Å². The van der Waals surface area contributed by atoms with Gasteiger partial charge in [-0.2, -0.15) is 0 Å². The predicted molar refractivity (Wildman–Crippen MR) is 259 cm³/mol. The largest absolute Gasteiger partial charge is 0.453 e. The normalized spacial score (nSPS) is 12.1. The van der Waals surface area contributed by atoms with Gasteiger partial charge in [0.15, 0.2) is 40.3 Å². The van der Waals surface area contributed by atoms with Crippen molar-refractivity contribution < 1.29 is 17.6 Å². The van der Waals surface area contributed by atoms with Crippen LogP contribution in [0.2, 0.25) is 0 Å². The maximum absolute atomic E-state index is 17.0. The van der Waals surface area contributed by atoms with E-state index in [-0.39, 0.29) is 22.8 Å². The van der Waals surface area contributed by atoms with Crippen LogP contribution in [0.1, 0.15) is 0 Å². The molecular formula is C57H31F2N5O2. The Morgan fingerprint density at radius 3 is 1.09 bits per heavy atom. The van der Waals surface area contributed by atoms with Crippen LogP contribution in [0.4, 0.5) is 8.78 Å². The Morgan fingerprint density at radius 2 is 0.682 bits per heavy atom. The molecule has 0 saturated heterocycles. The van der Waals surface area contributed by atoms with Crippen molar-refractivity contribution in [1.82, 2.24) is 24.1 Å². The molecule has 0 aliphatic heterocycles. The second-order valence-corrected chi connectivity index (χ2v) is 16.5. The summed E-state index contributed by atoms with van der Waals surface area (Å²) in [4.78, 5) is 16.2. The molecule has 0 atom stereocenters. The summed E-state index contributed by atoms with van der Waals surface area (Å²) in [6.45, 7) is 0. The molecule has 0 saturated carbocycles. The van der Waals surface area contributed by atoms with Crippen LogP contribution in [0.3, 0.4) is 0 Å². The molecule has 9 aromatic carbocycles. The van der Waals surface area contributed by atoms with E-state index in [4.69, 9.17) is 23.8 Å². The first-order valence-corrected chi connectivity index (χ1v) is 21.7. The fraction of sp³-hybridized carbons (Fsp3) is 0. The molecule has 310 valence electrons. The molecule has 5 heterocycles. The van der Waals surface area contributed by atoms with Gasteiger partial charge in [-0.15, -0.1) is 0 Å². The van der Waals surface area contributed by atoms with Crippen LogP contribution in [0, 0.1) is 11.6 Å². The third kappa shape index (κ3) is 5.13.